The summed E-state index contributed by atoms with van der Waals surface area (Å²) in [6, 6.07) is 16.9. The van der Waals surface area contributed by atoms with E-state index in [1.807, 2.05) is 29.2 Å². The molecule has 0 aliphatic carbocycles. The van der Waals surface area contributed by atoms with Crippen molar-refractivity contribution >= 4 is 16.8 Å². The Morgan fingerprint density at radius 1 is 1.15 bits per heavy atom. The molecular weight excluding hydrogens is 324 g/mol. The first kappa shape index (κ1) is 16.8. The number of benzene rings is 2. The summed E-state index contributed by atoms with van der Waals surface area (Å²) >= 11 is 0. The fourth-order valence-corrected chi connectivity index (χ4v) is 3.66. The maximum absolute atomic E-state index is 12.8. The van der Waals surface area contributed by atoms with E-state index < -0.39 is 0 Å². The number of piperazine rings is 1. The molecule has 1 amide bonds. The van der Waals surface area contributed by atoms with Crippen LogP contribution in [-0.4, -0.2) is 58.6 Å². The van der Waals surface area contributed by atoms with Gasteiger partial charge in [0.05, 0.1) is 18.1 Å². The van der Waals surface area contributed by atoms with Crippen LogP contribution >= 0.6 is 0 Å². The molecule has 1 N–H and O–H groups in total. The van der Waals surface area contributed by atoms with Gasteiger partial charge in [0.15, 0.2) is 0 Å². The third-order valence-corrected chi connectivity index (χ3v) is 5.31. The molecule has 1 saturated heterocycles. The molecule has 0 saturated carbocycles. The SMILES string of the molecule is CN1CCN(C(=O)Cc2ccc3cn[nH]c3c2)CC1Cc1ccccc1. The highest BCUT2D eigenvalue weighted by Gasteiger charge is 2.27. The Bertz CT molecular complexity index is 889. The zero-order valence-corrected chi connectivity index (χ0v) is 15.1. The maximum Gasteiger partial charge on any atom is 0.227 e. The monoisotopic (exact) mass is 348 g/mol. The average Bonchev–Trinajstić information content (AvgIpc) is 3.12. The lowest BCUT2D eigenvalue weighted by Gasteiger charge is -2.39. The maximum atomic E-state index is 12.8. The van der Waals surface area contributed by atoms with Crippen molar-refractivity contribution in [3.8, 4) is 0 Å². The lowest BCUT2D eigenvalue weighted by Crippen LogP contribution is -2.54. The lowest BCUT2D eigenvalue weighted by molar-refractivity contribution is -0.133. The van der Waals surface area contributed by atoms with Crippen LogP contribution in [0.1, 0.15) is 11.1 Å². The number of aromatic nitrogens is 2. The molecule has 1 fully saturated rings. The largest absolute Gasteiger partial charge is 0.340 e. The van der Waals surface area contributed by atoms with Crippen molar-refractivity contribution in [3.63, 3.8) is 0 Å². The summed E-state index contributed by atoms with van der Waals surface area (Å²) in [6.07, 6.45) is 3.22. The van der Waals surface area contributed by atoms with E-state index in [4.69, 9.17) is 0 Å². The summed E-state index contributed by atoms with van der Waals surface area (Å²) in [6.45, 7) is 2.51. The second-order valence-corrected chi connectivity index (χ2v) is 7.13. The Balaban J connectivity index is 1.42. The van der Waals surface area contributed by atoms with Crippen LogP contribution in [0.15, 0.2) is 54.7 Å². The van der Waals surface area contributed by atoms with Crippen molar-refractivity contribution in [2.45, 2.75) is 18.9 Å². The number of rotatable bonds is 4. The highest BCUT2D eigenvalue weighted by Crippen LogP contribution is 2.17. The zero-order valence-electron chi connectivity index (χ0n) is 15.1. The average molecular weight is 348 g/mol. The van der Waals surface area contributed by atoms with Crippen LogP contribution in [0.2, 0.25) is 0 Å². The summed E-state index contributed by atoms with van der Waals surface area (Å²) in [5.41, 5.74) is 3.34. The number of nitrogens with zero attached hydrogens (tertiary/aromatic N) is 3. The van der Waals surface area contributed by atoms with Gasteiger partial charge >= 0.3 is 0 Å². The number of aromatic amines is 1. The molecule has 2 heterocycles. The molecule has 3 aromatic rings. The number of carbonyl (C=O) groups excluding carboxylic acids is 1. The van der Waals surface area contributed by atoms with Gasteiger partial charge in [-0.1, -0.05) is 42.5 Å². The van der Waals surface area contributed by atoms with Crippen LogP contribution in [-0.2, 0) is 17.6 Å². The lowest BCUT2D eigenvalue weighted by atomic mass is 10.0. The van der Waals surface area contributed by atoms with Crippen molar-refractivity contribution in [1.82, 2.24) is 20.0 Å². The molecule has 134 valence electrons. The Morgan fingerprint density at radius 2 is 2.00 bits per heavy atom. The van der Waals surface area contributed by atoms with Crippen LogP contribution in [0, 0.1) is 0 Å². The minimum Gasteiger partial charge on any atom is -0.340 e. The molecule has 5 nitrogen and oxygen atoms in total. The van der Waals surface area contributed by atoms with Gasteiger partial charge in [0.25, 0.3) is 0 Å². The van der Waals surface area contributed by atoms with E-state index >= 15 is 0 Å². The number of fused-ring (bicyclic) bond motifs is 1. The molecule has 0 bridgehead atoms. The fraction of sp³-hybridized carbons (Fsp3) is 0.333. The third-order valence-electron chi connectivity index (χ3n) is 5.31. The minimum atomic E-state index is 0.204. The number of nitrogens with one attached hydrogen (secondary N) is 1. The summed E-state index contributed by atoms with van der Waals surface area (Å²) in [5.74, 6) is 0.204. The number of hydrogen-bond donors (Lipinski definition) is 1. The van der Waals surface area contributed by atoms with Gasteiger partial charge in [-0.3, -0.25) is 14.8 Å². The second-order valence-electron chi connectivity index (χ2n) is 7.13. The number of carbonyl (C=O) groups is 1. The van der Waals surface area contributed by atoms with Crippen molar-refractivity contribution in [3.05, 3.63) is 65.9 Å². The van der Waals surface area contributed by atoms with Crippen molar-refractivity contribution in [2.24, 2.45) is 0 Å². The molecule has 1 aromatic heterocycles. The van der Waals surface area contributed by atoms with Crippen LogP contribution in [0.3, 0.4) is 0 Å². The van der Waals surface area contributed by atoms with E-state index in [0.717, 1.165) is 42.5 Å². The predicted octanol–water partition coefficient (Wildman–Crippen LogP) is 2.49. The van der Waals surface area contributed by atoms with Gasteiger partial charge < -0.3 is 4.90 Å². The minimum absolute atomic E-state index is 0.204. The number of hydrogen-bond acceptors (Lipinski definition) is 3. The van der Waals surface area contributed by atoms with Gasteiger partial charge in [0.1, 0.15) is 0 Å². The highest BCUT2D eigenvalue weighted by atomic mass is 16.2. The summed E-state index contributed by atoms with van der Waals surface area (Å²) in [4.78, 5) is 17.2. The van der Waals surface area contributed by atoms with Crippen molar-refractivity contribution < 1.29 is 4.79 Å². The molecule has 1 aliphatic heterocycles. The van der Waals surface area contributed by atoms with Crippen molar-refractivity contribution in [2.75, 3.05) is 26.7 Å². The number of amides is 1. The predicted molar refractivity (Wildman–Crippen MR) is 103 cm³/mol. The highest BCUT2D eigenvalue weighted by molar-refractivity contribution is 5.83. The van der Waals surface area contributed by atoms with E-state index in [1.165, 1.54) is 5.56 Å². The topological polar surface area (TPSA) is 52.2 Å². The van der Waals surface area contributed by atoms with Gasteiger partial charge in [-0.15, -0.1) is 0 Å². The van der Waals surface area contributed by atoms with Crippen LogP contribution in [0.4, 0.5) is 0 Å². The van der Waals surface area contributed by atoms with E-state index in [2.05, 4.69) is 46.4 Å². The summed E-state index contributed by atoms with van der Waals surface area (Å²) in [5, 5.41) is 8.09. The molecule has 5 heteroatoms. The Kier molecular flexibility index (Phi) is 4.71. The standard InChI is InChI=1S/C21H24N4O/c1-24-9-10-25(15-19(24)11-16-5-3-2-4-6-16)21(26)13-17-7-8-18-14-22-23-20(18)12-17/h2-8,12,14,19H,9-11,13,15H2,1H3,(H,22,23). The molecule has 4 rings (SSSR count). The summed E-state index contributed by atoms with van der Waals surface area (Å²) in [7, 11) is 2.15. The van der Waals surface area contributed by atoms with E-state index in [1.54, 1.807) is 6.20 Å². The molecule has 1 unspecified atom stereocenters. The zero-order chi connectivity index (χ0) is 17.9. The molecule has 1 atom stereocenters. The van der Waals surface area contributed by atoms with Crippen molar-refractivity contribution in [1.29, 1.82) is 0 Å². The van der Waals surface area contributed by atoms with E-state index in [9.17, 15) is 4.79 Å². The third kappa shape index (κ3) is 3.63. The molecular formula is C21H24N4O. The second kappa shape index (κ2) is 7.30. The molecule has 26 heavy (non-hydrogen) atoms. The van der Waals surface area contributed by atoms with Crippen LogP contribution in [0.25, 0.3) is 10.9 Å². The Morgan fingerprint density at radius 3 is 2.85 bits per heavy atom. The van der Waals surface area contributed by atoms with Crippen LogP contribution < -0.4 is 0 Å². The van der Waals surface area contributed by atoms with Gasteiger partial charge in [-0.05, 0) is 30.7 Å². The first-order chi connectivity index (χ1) is 12.7. The first-order valence-corrected chi connectivity index (χ1v) is 9.13. The molecule has 0 spiro atoms. The quantitative estimate of drug-likeness (QED) is 0.788. The molecule has 0 radical (unpaired) electrons. The number of H-pyrrole nitrogens is 1. The first-order valence-electron chi connectivity index (χ1n) is 9.13. The molecule has 1 aliphatic rings. The van der Waals surface area contributed by atoms with Gasteiger partial charge in [0.2, 0.25) is 5.91 Å². The van der Waals surface area contributed by atoms with Crippen LogP contribution in [0.5, 0.6) is 0 Å². The van der Waals surface area contributed by atoms with E-state index in [0.29, 0.717) is 12.5 Å². The fourth-order valence-electron chi connectivity index (χ4n) is 3.66. The Hall–Kier alpha value is -2.66. The van der Waals surface area contributed by atoms with Gasteiger partial charge in [-0.25, -0.2) is 0 Å². The molecule has 2 aromatic carbocycles. The number of likely N-dealkylation sites (N-methyl/N-ethyl adjacent to an activating group) is 1. The smallest absolute Gasteiger partial charge is 0.227 e. The van der Waals surface area contributed by atoms with Gasteiger partial charge in [0, 0.05) is 31.1 Å². The van der Waals surface area contributed by atoms with E-state index in [-0.39, 0.29) is 5.91 Å². The van der Waals surface area contributed by atoms with Gasteiger partial charge in [-0.2, -0.15) is 5.10 Å². The Labute approximate surface area is 153 Å². The summed E-state index contributed by atoms with van der Waals surface area (Å²) < 4.78 is 0. The normalized spacial score (nSPS) is 18.3.